The summed E-state index contributed by atoms with van der Waals surface area (Å²) in [5.74, 6) is 11.3. The standard InChI is InChI=1S/C32H56.C3H8/c1-21-16-23(3)30(19-21)25-12-10-24-11-13-27(20-24)29(15-14-25)31(26-8-6-7-9-26)32(4,5)28-17-22(2)18-28;1-3-2/h21-31H,6-20H2,1-5H3;3H2,1-2H3. The molecule has 0 amide bonds. The lowest BCUT2D eigenvalue weighted by atomic mass is 9.51. The summed E-state index contributed by atoms with van der Waals surface area (Å²) in [4.78, 5) is 0. The fourth-order valence-corrected chi connectivity index (χ4v) is 10.8. The molecule has 5 saturated carbocycles. The quantitative estimate of drug-likeness (QED) is 0.364. The van der Waals surface area contributed by atoms with Crippen molar-refractivity contribution < 1.29 is 0 Å². The Morgan fingerprint density at radius 3 is 1.80 bits per heavy atom. The molecule has 8 unspecified atom stereocenters. The second kappa shape index (κ2) is 12.2. The van der Waals surface area contributed by atoms with E-state index in [1.165, 1.54) is 38.5 Å². The zero-order valence-electron chi connectivity index (χ0n) is 25.2. The van der Waals surface area contributed by atoms with Gasteiger partial charge in [0.1, 0.15) is 0 Å². The van der Waals surface area contributed by atoms with E-state index in [1.54, 1.807) is 64.2 Å². The smallest absolute Gasteiger partial charge is 0.0292 e. The monoisotopic (exact) mass is 485 g/mol. The molecule has 8 atom stereocenters. The summed E-state index contributed by atoms with van der Waals surface area (Å²) in [6, 6.07) is 0. The third kappa shape index (κ3) is 6.36. The highest BCUT2D eigenvalue weighted by molar-refractivity contribution is 5.00. The Labute approximate surface area is 221 Å². The molecule has 0 aliphatic heterocycles. The average Bonchev–Trinajstić information content (AvgIpc) is 3.53. The van der Waals surface area contributed by atoms with E-state index in [9.17, 15) is 0 Å². The molecule has 0 aromatic heterocycles. The highest BCUT2D eigenvalue weighted by Crippen LogP contribution is 2.59. The second-order valence-corrected chi connectivity index (χ2v) is 15.6. The van der Waals surface area contributed by atoms with Gasteiger partial charge in [-0.25, -0.2) is 0 Å². The normalized spacial score (nSPS) is 43.5. The van der Waals surface area contributed by atoms with Crippen LogP contribution < -0.4 is 0 Å². The van der Waals surface area contributed by atoms with Crippen molar-refractivity contribution >= 4 is 0 Å². The Kier molecular flexibility index (Phi) is 9.80. The van der Waals surface area contributed by atoms with Crippen LogP contribution in [0.4, 0.5) is 0 Å². The van der Waals surface area contributed by atoms with Gasteiger partial charge in [-0.2, -0.15) is 0 Å². The van der Waals surface area contributed by atoms with E-state index < -0.39 is 0 Å². The van der Waals surface area contributed by atoms with Crippen LogP contribution in [-0.4, -0.2) is 0 Å². The zero-order valence-corrected chi connectivity index (χ0v) is 25.2. The fourth-order valence-electron chi connectivity index (χ4n) is 10.8. The maximum atomic E-state index is 2.75. The van der Waals surface area contributed by atoms with Crippen molar-refractivity contribution in [3.63, 3.8) is 0 Å². The molecule has 0 heterocycles. The first-order valence-electron chi connectivity index (χ1n) is 16.7. The molecule has 0 nitrogen and oxygen atoms in total. The number of rotatable bonds is 5. The van der Waals surface area contributed by atoms with Crippen LogP contribution in [0.25, 0.3) is 0 Å². The van der Waals surface area contributed by atoms with E-state index in [2.05, 4.69) is 48.5 Å². The molecule has 5 fully saturated rings. The van der Waals surface area contributed by atoms with Crippen LogP contribution in [-0.2, 0) is 0 Å². The van der Waals surface area contributed by atoms with Crippen LogP contribution in [0.2, 0.25) is 0 Å². The van der Waals surface area contributed by atoms with Crippen molar-refractivity contribution in [1.29, 1.82) is 0 Å². The van der Waals surface area contributed by atoms with Crippen LogP contribution in [0.15, 0.2) is 0 Å². The summed E-state index contributed by atoms with van der Waals surface area (Å²) >= 11 is 0. The SMILES string of the molecule is CC1CC(C)C(C2CCC3CCC(C3)C(C(C3CCCC3)C(C)(C)C3CC(C)C3)CC2)C1.CCC. The summed E-state index contributed by atoms with van der Waals surface area (Å²) < 4.78 is 0. The van der Waals surface area contributed by atoms with E-state index in [0.717, 1.165) is 65.1 Å². The molecule has 5 rings (SSSR count). The molecule has 0 N–H and O–H groups in total. The molecular weight excluding hydrogens is 420 g/mol. The minimum Gasteiger partial charge on any atom is -0.0656 e. The third-order valence-corrected chi connectivity index (χ3v) is 12.4. The van der Waals surface area contributed by atoms with Crippen LogP contribution in [0.3, 0.4) is 0 Å². The Morgan fingerprint density at radius 2 is 1.23 bits per heavy atom. The van der Waals surface area contributed by atoms with Crippen molar-refractivity contribution in [1.82, 2.24) is 0 Å². The van der Waals surface area contributed by atoms with Crippen molar-refractivity contribution in [2.45, 2.75) is 151 Å². The molecule has 0 radical (unpaired) electrons. The first-order valence-corrected chi connectivity index (χ1v) is 16.7. The Morgan fingerprint density at radius 1 is 0.657 bits per heavy atom. The summed E-state index contributed by atoms with van der Waals surface area (Å²) in [6.45, 7) is 17.4. The molecule has 0 aromatic rings. The molecule has 0 spiro atoms. The summed E-state index contributed by atoms with van der Waals surface area (Å²) in [5.41, 5.74) is 0.572. The van der Waals surface area contributed by atoms with E-state index in [4.69, 9.17) is 0 Å². The number of hydrogen-bond donors (Lipinski definition) is 0. The zero-order chi connectivity index (χ0) is 25.2. The van der Waals surface area contributed by atoms with E-state index in [0.29, 0.717) is 5.41 Å². The van der Waals surface area contributed by atoms with Crippen LogP contribution in [0.5, 0.6) is 0 Å². The van der Waals surface area contributed by atoms with E-state index in [1.807, 2.05) is 0 Å². The van der Waals surface area contributed by atoms with Crippen LogP contribution in [0.1, 0.15) is 151 Å². The average molecular weight is 485 g/mol. The summed E-state index contributed by atoms with van der Waals surface area (Å²) in [7, 11) is 0. The lowest BCUT2D eigenvalue weighted by molar-refractivity contribution is -0.0490. The molecular formula is C35H64. The maximum Gasteiger partial charge on any atom is -0.0292 e. The van der Waals surface area contributed by atoms with Crippen LogP contribution in [0, 0.1) is 70.5 Å². The predicted octanol–water partition coefficient (Wildman–Crippen LogP) is 11.2. The van der Waals surface area contributed by atoms with Gasteiger partial charge in [0.2, 0.25) is 0 Å². The van der Waals surface area contributed by atoms with Crippen molar-refractivity contribution in [2.24, 2.45) is 70.5 Å². The molecule has 0 aromatic carbocycles. The molecule has 5 aliphatic carbocycles. The minimum atomic E-state index is 0.572. The molecule has 0 heteroatoms. The minimum absolute atomic E-state index is 0.572. The Bertz CT molecular complexity index is 620. The molecule has 2 bridgehead atoms. The Hall–Kier alpha value is 0. The maximum absolute atomic E-state index is 2.75. The third-order valence-electron chi connectivity index (χ3n) is 12.4. The van der Waals surface area contributed by atoms with Crippen molar-refractivity contribution in [3.05, 3.63) is 0 Å². The largest absolute Gasteiger partial charge is 0.0656 e. The van der Waals surface area contributed by atoms with Gasteiger partial charge in [-0.3, -0.25) is 0 Å². The van der Waals surface area contributed by atoms with Gasteiger partial charge in [0.25, 0.3) is 0 Å². The first kappa shape index (κ1) is 28.0. The topological polar surface area (TPSA) is 0 Å². The van der Waals surface area contributed by atoms with Crippen molar-refractivity contribution in [3.8, 4) is 0 Å². The Balaban J connectivity index is 0.000000917. The molecule has 204 valence electrons. The highest BCUT2D eigenvalue weighted by Gasteiger charge is 2.51. The van der Waals surface area contributed by atoms with Gasteiger partial charge < -0.3 is 0 Å². The van der Waals surface area contributed by atoms with Crippen LogP contribution >= 0.6 is 0 Å². The van der Waals surface area contributed by atoms with Gasteiger partial charge in [-0.1, -0.05) is 93.4 Å². The van der Waals surface area contributed by atoms with Gasteiger partial charge >= 0.3 is 0 Å². The molecule has 35 heavy (non-hydrogen) atoms. The fraction of sp³-hybridized carbons (Fsp3) is 1.00. The number of fused-ring (bicyclic) bond motifs is 2. The summed E-state index contributed by atoms with van der Waals surface area (Å²) in [5, 5.41) is 0. The van der Waals surface area contributed by atoms with Gasteiger partial charge in [-0.05, 0) is 128 Å². The predicted molar refractivity (Wildman–Crippen MR) is 154 cm³/mol. The number of hydrogen-bond acceptors (Lipinski definition) is 0. The van der Waals surface area contributed by atoms with E-state index in [-0.39, 0.29) is 0 Å². The highest BCUT2D eigenvalue weighted by atomic mass is 14.6. The lowest BCUT2D eigenvalue weighted by Crippen LogP contribution is -2.46. The lowest BCUT2D eigenvalue weighted by Gasteiger charge is -2.54. The second-order valence-electron chi connectivity index (χ2n) is 15.6. The van der Waals surface area contributed by atoms with Crippen molar-refractivity contribution in [2.75, 3.05) is 0 Å². The molecule has 0 saturated heterocycles. The molecule has 5 aliphatic rings. The van der Waals surface area contributed by atoms with Gasteiger partial charge in [0.05, 0.1) is 0 Å². The first-order chi connectivity index (χ1) is 16.7. The van der Waals surface area contributed by atoms with Gasteiger partial charge in [0.15, 0.2) is 0 Å². The van der Waals surface area contributed by atoms with E-state index >= 15 is 0 Å². The van der Waals surface area contributed by atoms with Gasteiger partial charge in [0, 0.05) is 0 Å². The van der Waals surface area contributed by atoms with Gasteiger partial charge in [-0.15, -0.1) is 0 Å². The summed E-state index contributed by atoms with van der Waals surface area (Å²) in [6.07, 6.45) is 24.6.